The monoisotopic (exact) mass is 291 g/mol. The van der Waals surface area contributed by atoms with E-state index in [4.69, 9.17) is 9.47 Å². The van der Waals surface area contributed by atoms with Crippen LogP contribution in [-0.2, 0) is 0 Å². The van der Waals surface area contributed by atoms with Crippen LogP contribution in [0, 0.1) is 11.8 Å². The highest BCUT2D eigenvalue weighted by Crippen LogP contribution is 2.44. The van der Waals surface area contributed by atoms with Crippen LogP contribution in [0.25, 0.3) is 0 Å². The van der Waals surface area contributed by atoms with E-state index in [2.05, 4.69) is 5.32 Å². The average molecular weight is 291 g/mol. The number of aliphatic hydroxyl groups excluding tert-OH is 1. The van der Waals surface area contributed by atoms with Crippen LogP contribution in [-0.4, -0.2) is 31.9 Å². The molecule has 0 radical (unpaired) electrons. The number of aliphatic hydroxyl groups is 1. The van der Waals surface area contributed by atoms with E-state index in [0.717, 1.165) is 17.4 Å². The van der Waals surface area contributed by atoms with Crippen LogP contribution in [0.5, 0.6) is 11.5 Å². The van der Waals surface area contributed by atoms with Crippen LogP contribution in [0.15, 0.2) is 18.2 Å². The van der Waals surface area contributed by atoms with E-state index in [-0.39, 0.29) is 0 Å². The average Bonchev–Trinajstić information content (AvgIpc) is 3.14. The molecule has 1 aromatic rings. The number of hydrogen-bond donors (Lipinski definition) is 2. The molecule has 0 aliphatic heterocycles. The van der Waals surface area contributed by atoms with Gasteiger partial charge in [-0.2, -0.15) is 0 Å². The van der Waals surface area contributed by atoms with Gasteiger partial charge >= 0.3 is 0 Å². The van der Waals surface area contributed by atoms with Gasteiger partial charge in [0.1, 0.15) is 11.5 Å². The highest BCUT2D eigenvalue weighted by Gasteiger charge is 2.39. The number of nitrogens with one attached hydrogen (secondary N) is 1. The minimum absolute atomic E-state index is 0.534. The Hall–Kier alpha value is -1.26. The van der Waals surface area contributed by atoms with Crippen molar-refractivity contribution in [3.05, 3.63) is 23.8 Å². The van der Waals surface area contributed by atoms with Gasteiger partial charge < -0.3 is 19.9 Å². The second kappa shape index (κ2) is 6.24. The van der Waals surface area contributed by atoms with Crippen LogP contribution in [0.2, 0.25) is 0 Å². The molecule has 4 nitrogen and oxygen atoms in total. The molecule has 0 heterocycles. The Bertz CT molecular complexity index is 469. The molecule has 1 aromatic carbocycles. The molecule has 0 amide bonds. The molecule has 21 heavy (non-hydrogen) atoms. The van der Waals surface area contributed by atoms with Crippen molar-refractivity contribution in [3.63, 3.8) is 0 Å². The minimum atomic E-state index is -0.534. The second-order valence-electron chi connectivity index (χ2n) is 6.35. The van der Waals surface area contributed by atoms with Crippen molar-refractivity contribution in [2.45, 2.75) is 37.8 Å². The first kappa shape index (κ1) is 14.7. The van der Waals surface area contributed by atoms with Crippen molar-refractivity contribution in [2.75, 3.05) is 20.8 Å². The zero-order valence-electron chi connectivity index (χ0n) is 12.8. The lowest BCUT2D eigenvalue weighted by atomic mass is 9.95. The van der Waals surface area contributed by atoms with Crippen molar-refractivity contribution in [1.82, 2.24) is 5.32 Å². The van der Waals surface area contributed by atoms with Gasteiger partial charge in [-0.1, -0.05) is 6.42 Å². The van der Waals surface area contributed by atoms with Gasteiger partial charge in [-0.3, -0.25) is 0 Å². The van der Waals surface area contributed by atoms with Crippen LogP contribution in [0.3, 0.4) is 0 Å². The van der Waals surface area contributed by atoms with Gasteiger partial charge in [0.05, 0.1) is 20.3 Å². The summed E-state index contributed by atoms with van der Waals surface area (Å²) in [6.07, 6.45) is 4.87. The van der Waals surface area contributed by atoms with E-state index in [9.17, 15) is 5.11 Å². The van der Waals surface area contributed by atoms with Crippen LogP contribution in [0.1, 0.15) is 37.4 Å². The standard InChI is InChI=1S/C17H25NO3/c1-20-14-7-13(8-15(9-14)21-2)17(19)10-18-16-6-11-3-4-12(16)5-11/h7-9,11-12,16-19H,3-6,10H2,1-2H3/t11-,12-,16+,17-/m0/s1. The summed E-state index contributed by atoms with van der Waals surface area (Å²) < 4.78 is 10.5. The largest absolute Gasteiger partial charge is 0.497 e. The van der Waals surface area contributed by atoms with Gasteiger partial charge in [0, 0.05) is 18.7 Å². The third-order valence-electron chi connectivity index (χ3n) is 5.07. The van der Waals surface area contributed by atoms with Crippen molar-refractivity contribution < 1.29 is 14.6 Å². The number of methoxy groups -OCH3 is 2. The predicted molar refractivity (Wildman–Crippen MR) is 81.7 cm³/mol. The van der Waals surface area contributed by atoms with E-state index in [0.29, 0.717) is 24.1 Å². The molecular formula is C17H25NO3. The summed E-state index contributed by atoms with van der Waals surface area (Å²) in [7, 11) is 3.25. The Morgan fingerprint density at radius 2 is 1.86 bits per heavy atom. The first-order valence-corrected chi connectivity index (χ1v) is 7.84. The van der Waals surface area contributed by atoms with Crippen LogP contribution >= 0.6 is 0 Å². The maximum Gasteiger partial charge on any atom is 0.122 e. The molecule has 2 N–H and O–H groups in total. The molecule has 0 saturated heterocycles. The van der Waals surface area contributed by atoms with Crippen molar-refractivity contribution in [3.8, 4) is 11.5 Å². The van der Waals surface area contributed by atoms with Crippen molar-refractivity contribution in [1.29, 1.82) is 0 Å². The summed E-state index contributed by atoms with van der Waals surface area (Å²) in [5, 5.41) is 14.0. The lowest BCUT2D eigenvalue weighted by Crippen LogP contribution is -2.36. The smallest absolute Gasteiger partial charge is 0.122 e. The predicted octanol–water partition coefficient (Wildman–Crippen LogP) is 2.52. The molecular weight excluding hydrogens is 266 g/mol. The number of rotatable bonds is 6. The third kappa shape index (κ3) is 3.16. The van der Waals surface area contributed by atoms with E-state index in [1.165, 1.54) is 25.7 Å². The van der Waals surface area contributed by atoms with Gasteiger partial charge in [-0.05, 0) is 48.8 Å². The van der Waals surface area contributed by atoms with Gasteiger partial charge in [0.25, 0.3) is 0 Å². The Morgan fingerprint density at radius 1 is 1.14 bits per heavy atom. The molecule has 4 atom stereocenters. The Morgan fingerprint density at radius 3 is 2.38 bits per heavy atom. The van der Waals surface area contributed by atoms with E-state index in [1.807, 2.05) is 18.2 Å². The van der Waals surface area contributed by atoms with Crippen molar-refractivity contribution in [2.24, 2.45) is 11.8 Å². The van der Waals surface area contributed by atoms with Gasteiger partial charge in [-0.15, -0.1) is 0 Å². The third-order valence-corrected chi connectivity index (χ3v) is 5.07. The first-order chi connectivity index (χ1) is 10.2. The summed E-state index contributed by atoms with van der Waals surface area (Å²) in [6.45, 7) is 0.588. The van der Waals surface area contributed by atoms with Crippen molar-refractivity contribution >= 4 is 0 Å². The molecule has 2 aliphatic carbocycles. The summed E-state index contributed by atoms with van der Waals surface area (Å²) in [4.78, 5) is 0. The minimum Gasteiger partial charge on any atom is -0.497 e. The molecule has 0 spiro atoms. The van der Waals surface area contributed by atoms with E-state index in [1.54, 1.807) is 14.2 Å². The lowest BCUT2D eigenvalue weighted by Gasteiger charge is -2.24. The molecule has 0 unspecified atom stereocenters. The summed E-state index contributed by atoms with van der Waals surface area (Å²) >= 11 is 0. The Balaban J connectivity index is 1.61. The zero-order valence-corrected chi connectivity index (χ0v) is 12.8. The maximum absolute atomic E-state index is 10.4. The Kier molecular flexibility index (Phi) is 4.36. The SMILES string of the molecule is COc1cc(OC)cc([C@@H](O)CN[C@@H]2C[C@H]3CC[C@H]2C3)c1. The number of fused-ring (bicyclic) bond motifs is 2. The summed E-state index contributed by atoms with van der Waals surface area (Å²) in [6, 6.07) is 6.15. The maximum atomic E-state index is 10.4. The molecule has 2 saturated carbocycles. The molecule has 3 rings (SSSR count). The topological polar surface area (TPSA) is 50.7 Å². The Labute approximate surface area is 126 Å². The van der Waals surface area contributed by atoms with Gasteiger partial charge in [0.15, 0.2) is 0 Å². The number of benzene rings is 1. The lowest BCUT2D eigenvalue weighted by molar-refractivity contribution is 0.163. The quantitative estimate of drug-likeness (QED) is 0.845. The summed E-state index contributed by atoms with van der Waals surface area (Å²) in [5.74, 6) is 3.16. The fraction of sp³-hybridized carbons (Fsp3) is 0.647. The molecule has 116 valence electrons. The number of ether oxygens (including phenoxy) is 2. The fourth-order valence-electron chi connectivity index (χ4n) is 3.90. The molecule has 2 aliphatic rings. The number of hydrogen-bond acceptors (Lipinski definition) is 4. The second-order valence-corrected chi connectivity index (χ2v) is 6.35. The van der Waals surface area contributed by atoms with E-state index < -0.39 is 6.10 Å². The first-order valence-electron chi connectivity index (χ1n) is 7.84. The molecule has 2 bridgehead atoms. The highest BCUT2D eigenvalue weighted by molar-refractivity contribution is 5.39. The molecule has 4 heteroatoms. The molecule has 2 fully saturated rings. The van der Waals surface area contributed by atoms with Gasteiger partial charge in [0.2, 0.25) is 0 Å². The normalized spacial score (nSPS) is 28.6. The highest BCUT2D eigenvalue weighted by atomic mass is 16.5. The molecule has 0 aromatic heterocycles. The fourth-order valence-corrected chi connectivity index (χ4v) is 3.90. The van der Waals surface area contributed by atoms with Crippen LogP contribution < -0.4 is 14.8 Å². The van der Waals surface area contributed by atoms with Gasteiger partial charge in [-0.25, -0.2) is 0 Å². The van der Waals surface area contributed by atoms with E-state index >= 15 is 0 Å². The summed E-state index contributed by atoms with van der Waals surface area (Å²) in [5.41, 5.74) is 0.835. The zero-order chi connectivity index (χ0) is 14.8. The van der Waals surface area contributed by atoms with Crippen LogP contribution in [0.4, 0.5) is 0 Å².